The summed E-state index contributed by atoms with van der Waals surface area (Å²) < 4.78 is 2.20. The normalized spacial score (nSPS) is 9.07. The van der Waals surface area contributed by atoms with Gasteiger partial charge in [0.15, 0.2) is 0 Å². The Hall–Kier alpha value is -1.28. The summed E-state index contributed by atoms with van der Waals surface area (Å²) in [5, 5.41) is 0. The van der Waals surface area contributed by atoms with Gasteiger partial charge < -0.3 is 12.4 Å². The summed E-state index contributed by atoms with van der Waals surface area (Å²) in [7, 11) is 0. The monoisotopic (exact) mass is 224 g/mol. The van der Waals surface area contributed by atoms with E-state index in [-0.39, 0.29) is 12.4 Å². The molecule has 0 fully saturated rings. The fraction of sp³-hybridized carbons (Fsp3) is 0.250. The van der Waals surface area contributed by atoms with Crippen LogP contribution < -0.4 is 17.0 Å². The molecule has 0 spiro atoms. The minimum absolute atomic E-state index is 0. The zero-order valence-electron chi connectivity index (χ0n) is 8.88. The van der Waals surface area contributed by atoms with Gasteiger partial charge in [-0.2, -0.15) is 0 Å². The van der Waals surface area contributed by atoms with Gasteiger partial charge in [0.2, 0.25) is 0 Å². The highest BCUT2D eigenvalue weighted by atomic mass is 35.5. The molecule has 1 N–H and O–H groups in total. The first-order valence-electron chi connectivity index (χ1n) is 4.75. The number of rotatable bonds is 6. The minimum atomic E-state index is 0. The second-order valence-electron chi connectivity index (χ2n) is 3.11. The first-order valence-corrected chi connectivity index (χ1v) is 4.75. The van der Waals surface area contributed by atoms with Gasteiger partial charge in [-0.15, -0.1) is 13.2 Å². The molecule has 0 aliphatic carbocycles. The van der Waals surface area contributed by atoms with E-state index >= 15 is 0 Å². The lowest BCUT2D eigenvalue weighted by molar-refractivity contribution is -0.699. The number of hydrogen-bond donors (Lipinski definition) is 1. The standard InChI is InChI=1S/C12H16N2.ClH/c1-4-7-11-10-13-12(8-5-2)14(11)9-6-3;/h4-6,10H,1-3,7-9H2;1H. The van der Waals surface area contributed by atoms with Crippen LogP contribution in [0.2, 0.25) is 0 Å². The Morgan fingerprint density at radius 3 is 2.33 bits per heavy atom. The number of allylic oxidation sites excluding steroid dienone is 3. The zero-order chi connectivity index (χ0) is 10.4. The fourth-order valence-corrected chi connectivity index (χ4v) is 1.48. The molecule has 3 heteroatoms. The van der Waals surface area contributed by atoms with Gasteiger partial charge in [0.05, 0.1) is 6.42 Å². The Morgan fingerprint density at radius 2 is 1.80 bits per heavy atom. The average Bonchev–Trinajstić information content (AvgIpc) is 2.52. The molecule has 1 aromatic heterocycles. The van der Waals surface area contributed by atoms with E-state index in [0.717, 1.165) is 25.2 Å². The van der Waals surface area contributed by atoms with E-state index < -0.39 is 0 Å². The van der Waals surface area contributed by atoms with Crippen LogP contribution in [0.15, 0.2) is 44.2 Å². The van der Waals surface area contributed by atoms with E-state index in [2.05, 4.69) is 29.3 Å². The summed E-state index contributed by atoms with van der Waals surface area (Å²) in [5.41, 5.74) is 1.23. The molecule has 0 atom stereocenters. The van der Waals surface area contributed by atoms with Gasteiger partial charge in [-0.05, 0) is 0 Å². The smallest absolute Gasteiger partial charge is 0.258 e. The van der Waals surface area contributed by atoms with Crippen molar-refractivity contribution >= 4 is 0 Å². The molecule has 0 aliphatic heterocycles. The maximum Gasteiger partial charge on any atom is 0.258 e. The Balaban J connectivity index is 0.00000196. The van der Waals surface area contributed by atoms with Gasteiger partial charge in [0, 0.05) is 6.42 Å². The van der Waals surface area contributed by atoms with Gasteiger partial charge in [-0.1, -0.05) is 24.8 Å². The lowest BCUT2D eigenvalue weighted by Gasteiger charge is -1.98. The summed E-state index contributed by atoms with van der Waals surface area (Å²) in [4.78, 5) is 3.24. The number of imidazole rings is 1. The molecule has 1 heterocycles. The second-order valence-corrected chi connectivity index (χ2v) is 3.11. The Morgan fingerprint density at radius 1 is 1.13 bits per heavy atom. The van der Waals surface area contributed by atoms with Crippen LogP contribution in [0.4, 0.5) is 0 Å². The molecule has 82 valence electrons. The van der Waals surface area contributed by atoms with Crippen molar-refractivity contribution < 1.29 is 17.0 Å². The summed E-state index contributed by atoms with van der Waals surface area (Å²) in [5.74, 6) is 1.16. The molecule has 1 rings (SSSR count). The van der Waals surface area contributed by atoms with E-state index in [1.807, 2.05) is 24.4 Å². The highest BCUT2D eigenvalue weighted by Gasteiger charge is 2.13. The molecule has 15 heavy (non-hydrogen) atoms. The van der Waals surface area contributed by atoms with Gasteiger partial charge in [0.25, 0.3) is 5.82 Å². The van der Waals surface area contributed by atoms with Crippen molar-refractivity contribution in [2.45, 2.75) is 19.4 Å². The van der Waals surface area contributed by atoms with E-state index in [4.69, 9.17) is 0 Å². The van der Waals surface area contributed by atoms with Crippen molar-refractivity contribution in [3.8, 4) is 0 Å². The average molecular weight is 225 g/mol. The molecule has 0 saturated carbocycles. The van der Waals surface area contributed by atoms with Crippen LogP contribution in [-0.2, 0) is 19.4 Å². The van der Waals surface area contributed by atoms with Crippen LogP contribution in [0.25, 0.3) is 0 Å². The number of nitrogens with zero attached hydrogens (tertiary/aromatic N) is 1. The number of hydrogen-bond acceptors (Lipinski definition) is 0. The van der Waals surface area contributed by atoms with Crippen molar-refractivity contribution in [1.82, 2.24) is 4.98 Å². The predicted octanol–water partition coefficient (Wildman–Crippen LogP) is -1.05. The van der Waals surface area contributed by atoms with Crippen LogP contribution in [-0.4, -0.2) is 4.98 Å². The highest BCUT2D eigenvalue weighted by molar-refractivity contribution is 4.99. The van der Waals surface area contributed by atoms with E-state index in [1.54, 1.807) is 0 Å². The third kappa shape index (κ3) is 3.40. The largest absolute Gasteiger partial charge is 1.00 e. The molecule has 0 aliphatic rings. The maximum atomic E-state index is 3.75. The quantitative estimate of drug-likeness (QED) is 0.470. The lowest BCUT2D eigenvalue weighted by Crippen LogP contribution is -3.00. The molecule has 0 radical (unpaired) electrons. The molecule has 0 amide bonds. The third-order valence-electron chi connectivity index (χ3n) is 2.08. The van der Waals surface area contributed by atoms with Crippen LogP contribution in [0.1, 0.15) is 11.5 Å². The first-order chi connectivity index (χ1) is 6.83. The van der Waals surface area contributed by atoms with Gasteiger partial charge in [-0.3, -0.25) is 0 Å². The summed E-state index contributed by atoms with van der Waals surface area (Å²) in [6.45, 7) is 12.1. The minimum Gasteiger partial charge on any atom is -1.00 e. The number of aromatic amines is 1. The summed E-state index contributed by atoms with van der Waals surface area (Å²) >= 11 is 0. The molecular formula is C12H17ClN2. The number of H-pyrrole nitrogens is 1. The van der Waals surface area contributed by atoms with Crippen molar-refractivity contribution in [3.05, 3.63) is 55.7 Å². The number of halogens is 1. The molecular weight excluding hydrogens is 208 g/mol. The predicted molar refractivity (Wildman–Crippen MR) is 59.0 cm³/mol. The number of nitrogens with one attached hydrogen (secondary N) is 1. The topological polar surface area (TPSA) is 19.7 Å². The Kier molecular flexibility index (Phi) is 6.47. The van der Waals surface area contributed by atoms with Crippen LogP contribution in [0.3, 0.4) is 0 Å². The molecule has 0 unspecified atom stereocenters. The van der Waals surface area contributed by atoms with Crippen molar-refractivity contribution in [2.75, 3.05) is 0 Å². The van der Waals surface area contributed by atoms with Crippen LogP contribution >= 0.6 is 0 Å². The zero-order valence-corrected chi connectivity index (χ0v) is 9.63. The Bertz CT molecular complexity index is 312. The summed E-state index contributed by atoms with van der Waals surface area (Å²) in [6, 6.07) is 0. The van der Waals surface area contributed by atoms with Crippen molar-refractivity contribution in [2.24, 2.45) is 0 Å². The van der Waals surface area contributed by atoms with E-state index in [0.29, 0.717) is 0 Å². The van der Waals surface area contributed by atoms with E-state index in [1.165, 1.54) is 5.69 Å². The SMILES string of the molecule is C=CCc1c[nH]c(CC=C)[n+]1CC=C.[Cl-]. The van der Waals surface area contributed by atoms with Crippen LogP contribution in [0, 0.1) is 0 Å². The molecule has 0 saturated heterocycles. The summed E-state index contributed by atoms with van der Waals surface area (Å²) in [6.07, 6.45) is 9.44. The molecule has 2 nitrogen and oxygen atoms in total. The van der Waals surface area contributed by atoms with Crippen molar-refractivity contribution in [3.63, 3.8) is 0 Å². The molecule has 1 aromatic rings. The van der Waals surface area contributed by atoms with E-state index in [9.17, 15) is 0 Å². The van der Waals surface area contributed by atoms with Gasteiger partial charge >= 0.3 is 0 Å². The maximum absolute atomic E-state index is 3.75. The molecule has 0 aromatic carbocycles. The van der Waals surface area contributed by atoms with Gasteiger partial charge in [-0.25, -0.2) is 9.55 Å². The third-order valence-corrected chi connectivity index (χ3v) is 2.08. The highest BCUT2D eigenvalue weighted by Crippen LogP contribution is 1.98. The fourth-order valence-electron chi connectivity index (χ4n) is 1.48. The lowest BCUT2D eigenvalue weighted by atomic mass is 10.3. The van der Waals surface area contributed by atoms with Gasteiger partial charge in [0.1, 0.15) is 18.4 Å². The number of aromatic nitrogens is 2. The Labute approximate surface area is 97.4 Å². The van der Waals surface area contributed by atoms with Crippen LogP contribution in [0.5, 0.6) is 0 Å². The van der Waals surface area contributed by atoms with Crippen molar-refractivity contribution in [1.29, 1.82) is 0 Å². The first kappa shape index (κ1) is 13.7. The second kappa shape index (κ2) is 7.07. The molecule has 0 bridgehead atoms.